The zero-order chi connectivity index (χ0) is 12.7. The second kappa shape index (κ2) is 4.14. The molecule has 1 aromatic carbocycles. The summed E-state index contributed by atoms with van der Waals surface area (Å²) in [6.07, 6.45) is 1.69. The standard InChI is InChI=1S/C15H12ClNO/c1-9-5-10(2)7-11(6-9)14-8-13-15(18-14)12(16)3-4-17-13/h3-8H,1-2H3. The summed E-state index contributed by atoms with van der Waals surface area (Å²) in [5, 5.41) is 0.593. The minimum absolute atomic E-state index is 0.593. The molecular weight excluding hydrogens is 246 g/mol. The molecular formula is C15H12ClNO. The van der Waals surface area contributed by atoms with E-state index in [0.29, 0.717) is 10.6 Å². The zero-order valence-corrected chi connectivity index (χ0v) is 11.0. The minimum atomic E-state index is 0.593. The van der Waals surface area contributed by atoms with Crippen LogP contribution in [0.15, 0.2) is 40.9 Å². The summed E-state index contributed by atoms with van der Waals surface area (Å²) in [7, 11) is 0. The SMILES string of the molecule is Cc1cc(C)cc(-c2cc3nccc(Cl)c3o2)c1. The third-order valence-corrected chi connectivity index (χ3v) is 3.17. The van der Waals surface area contributed by atoms with E-state index in [1.807, 2.05) is 6.07 Å². The molecule has 18 heavy (non-hydrogen) atoms. The Morgan fingerprint density at radius 3 is 2.44 bits per heavy atom. The third kappa shape index (κ3) is 1.89. The highest BCUT2D eigenvalue weighted by molar-refractivity contribution is 6.34. The summed E-state index contributed by atoms with van der Waals surface area (Å²) < 4.78 is 5.80. The summed E-state index contributed by atoms with van der Waals surface area (Å²) in [6, 6.07) is 9.99. The second-order valence-corrected chi connectivity index (χ2v) is 4.90. The van der Waals surface area contributed by atoms with E-state index in [1.165, 1.54) is 11.1 Å². The van der Waals surface area contributed by atoms with E-state index in [0.717, 1.165) is 16.8 Å². The van der Waals surface area contributed by atoms with Gasteiger partial charge < -0.3 is 4.42 Å². The van der Waals surface area contributed by atoms with Gasteiger partial charge in [-0.3, -0.25) is 4.98 Å². The van der Waals surface area contributed by atoms with Gasteiger partial charge in [0.2, 0.25) is 0 Å². The molecule has 3 heteroatoms. The predicted molar refractivity (Wildman–Crippen MR) is 73.9 cm³/mol. The smallest absolute Gasteiger partial charge is 0.171 e. The van der Waals surface area contributed by atoms with Crippen LogP contribution in [0.1, 0.15) is 11.1 Å². The highest BCUT2D eigenvalue weighted by Gasteiger charge is 2.10. The number of aromatic nitrogens is 1. The fourth-order valence-electron chi connectivity index (χ4n) is 2.17. The van der Waals surface area contributed by atoms with Crippen LogP contribution in [0.25, 0.3) is 22.4 Å². The van der Waals surface area contributed by atoms with Crippen molar-refractivity contribution in [1.82, 2.24) is 4.98 Å². The Morgan fingerprint density at radius 1 is 1.06 bits per heavy atom. The number of fused-ring (bicyclic) bond motifs is 1. The minimum Gasteiger partial charge on any atom is -0.453 e. The van der Waals surface area contributed by atoms with Gasteiger partial charge in [-0.2, -0.15) is 0 Å². The lowest BCUT2D eigenvalue weighted by atomic mass is 10.1. The molecule has 2 heterocycles. The van der Waals surface area contributed by atoms with Gasteiger partial charge in [-0.25, -0.2) is 0 Å². The van der Waals surface area contributed by atoms with Crippen LogP contribution in [-0.4, -0.2) is 4.98 Å². The Morgan fingerprint density at radius 2 is 1.78 bits per heavy atom. The normalized spacial score (nSPS) is 11.1. The molecule has 0 saturated carbocycles. The number of hydrogen-bond acceptors (Lipinski definition) is 2. The van der Waals surface area contributed by atoms with Gasteiger partial charge in [-0.15, -0.1) is 0 Å². The largest absolute Gasteiger partial charge is 0.453 e. The Bertz CT molecular complexity index is 710. The van der Waals surface area contributed by atoms with Crippen molar-refractivity contribution in [3.05, 3.63) is 52.7 Å². The van der Waals surface area contributed by atoms with Gasteiger partial charge in [-0.05, 0) is 32.0 Å². The summed E-state index contributed by atoms with van der Waals surface area (Å²) in [5.74, 6) is 0.803. The van der Waals surface area contributed by atoms with Gasteiger partial charge in [0.1, 0.15) is 11.3 Å². The van der Waals surface area contributed by atoms with E-state index in [2.05, 4.69) is 37.0 Å². The van der Waals surface area contributed by atoms with Gasteiger partial charge >= 0.3 is 0 Å². The van der Waals surface area contributed by atoms with Crippen LogP contribution in [0.4, 0.5) is 0 Å². The van der Waals surface area contributed by atoms with Gasteiger partial charge in [0.25, 0.3) is 0 Å². The lowest BCUT2D eigenvalue weighted by Gasteiger charge is -2.01. The van der Waals surface area contributed by atoms with Gasteiger partial charge in [0.05, 0.1) is 5.02 Å². The van der Waals surface area contributed by atoms with Crippen molar-refractivity contribution >= 4 is 22.7 Å². The first kappa shape index (κ1) is 11.3. The van der Waals surface area contributed by atoms with E-state index in [4.69, 9.17) is 16.0 Å². The summed E-state index contributed by atoms with van der Waals surface area (Å²) >= 11 is 6.09. The van der Waals surface area contributed by atoms with Crippen LogP contribution in [0.2, 0.25) is 5.02 Å². The molecule has 0 spiro atoms. The maximum atomic E-state index is 6.09. The maximum Gasteiger partial charge on any atom is 0.171 e. The first-order valence-electron chi connectivity index (χ1n) is 5.76. The summed E-state index contributed by atoms with van der Waals surface area (Å²) in [4.78, 5) is 4.25. The summed E-state index contributed by atoms with van der Waals surface area (Å²) in [5.41, 5.74) is 4.92. The van der Waals surface area contributed by atoms with Crippen LogP contribution >= 0.6 is 11.6 Å². The molecule has 0 aliphatic carbocycles. The molecule has 3 aromatic rings. The molecule has 2 aromatic heterocycles. The quantitative estimate of drug-likeness (QED) is 0.628. The number of nitrogens with zero attached hydrogens (tertiary/aromatic N) is 1. The van der Waals surface area contributed by atoms with Crippen LogP contribution in [0, 0.1) is 13.8 Å². The van der Waals surface area contributed by atoms with Crippen LogP contribution in [0.3, 0.4) is 0 Å². The number of hydrogen-bond donors (Lipinski definition) is 0. The lowest BCUT2D eigenvalue weighted by Crippen LogP contribution is -1.80. The van der Waals surface area contributed by atoms with Crippen molar-refractivity contribution in [1.29, 1.82) is 0 Å². The zero-order valence-electron chi connectivity index (χ0n) is 10.2. The third-order valence-electron chi connectivity index (χ3n) is 2.87. The lowest BCUT2D eigenvalue weighted by molar-refractivity contribution is 0.631. The molecule has 2 nitrogen and oxygen atoms in total. The Balaban J connectivity index is 2.22. The molecule has 90 valence electrons. The number of furan rings is 1. The van der Waals surface area contributed by atoms with E-state index >= 15 is 0 Å². The molecule has 3 rings (SSSR count). The highest BCUT2D eigenvalue weighted by atomic mass is 35.5. The molecule has 0 unspecified atom stereocenters. The molecule has 0 atom stereocenters. The number of halogens is 1. The molecule has 0 fully saturated rings. The molecule has 0 bridgehead atoms. The first-order valence-corrected chi connectivity index (χ1v) is 6.14. The highest BCUT2D eigenvalue weighted by Crippen LogP contribution is 2.31. The van der Waals surface area contributed by atoms with Crippen LogP contribution < -0.4 is 0 Å². The summed E-state index contributed by atoms with van der Waals surface area (Å²) in [6.45, 7) is 4.15. The van der Waals surface area contributed by atoms with Crippen molar-refractivity contribution in [3.8, 4) is 11.3 Å². The molecule has 0 aliphatic heterocycles. The topological polar surface area (TPSA) is 26.0 Å². The Kier molecular flexibility index (Phi) is 2.60. The van der Waals surface area contributed by atoms with Crippen molar-refractivity contribution in [2.24, 2.45) is 0 Å². The van der Waals surface area contributed by atoms with Gasteiger partial charge in [0.15, 0.2) is 5.58 Å². The van der Waals surface area contributed by atoms with E-state index in [1.54, 1.807) is 12.3 Å². The maximum absolute atomic E-state index is 6.09. The van der Waals surface area contributed by atoms with E-state index < -0.39 is 0 Å². The van der Waals surface area contributed by atoms with E-state index in [-0.39, 0.29) is 0 Å². The number of rotatable bonds is 1. The number of pyridine rings is 1. The molecule has 0 aliphatic rings. The van der Waals surface area contributed by atoms with Crippen LogP contribution in [0.5, 0.6) is 0 Å². The molecule has 0 radical (unpaired) electrons. The second-order valence-electron chi connectivity index (χ2n) is 4.49. The van der Waals surface area contributed by atoms with E-state index in [9.17, 15) is 0 Å². The van der Waals surface area contributed by atoms with Gasteiger partial charge in [-0.1, -0.05) is 28.8 Å². The number of benzene rings is 1. The number of aryl methyl sites for hydroxylation is 2. The fraction of sp³-hybridized carbons (Fsp3) is 0.133. The average molecular weight is 258 g/mol. The van der Waals surface area contributed by atoms with Crippen molar-refractivity contribution in [3.63, 3.8) is 0 Å². The predicted octanol–water partition coefficient (Wildman–Crippen LogP) is 4.77. The van der Waals surface area contributed by atoms with Gasteiger partial charge in [0, 0.05) is 17.8 Å². The molecule has 0 amide bonds. The average Bonchev–Trinajstić information content (AvgIpc) is 2.73. The van der Waals surface area contributed by atoms with Crippen molar-refractivity contribution < 1.29 is 4.42 Å². The van der Waals surface area contributed by atoms with Crippen molar-refractivity contribution in [2.75, 3.05) is 0 Å². The Labute approximate surface area is 110 Å². The van der Waals surface area contributed by atoms with Crippen LogP contribution in [-0.2, 0) is 0 Å². The monoisotopic (exact) mass is 257 g/mol. The first-order chi connectivity index (χ1) is 8.63. The molecule has 0 saturated heterocycles. The molecule has 0 N–H and O–H groups in total. The van der Waals surface area contributed by atoms with Crippen molar-refractivity contribution in [2.45, 2.75) is 13.8 Å². The fourth-order valence-corrected chi connectivity index (χ4v) is 2.36. The Hall–Kier alpha value is -1.80.